The molecule has 22 heavy (non-hydrogen) atoms. The van der Waals surface area contributed by atoms with Crippen molar-refractivity contribution < 1.29 is 38.4 Å². The third-order valence-electron chi connectivity index (χ3n) is 2.38. The van der Waals surface area contributed by atoms with Crippen molar-refractivity contribution in [3.63, 3.8) is 0 Å². The number of likely N-dealkylation sites (N-methyl/N-ethyl adjacent to an activating group) is 1. The average Bonchev–Trinajstić information content (AvgIpc) is 2.31. The maximum absolute atomic E-state index is 10.4. The summed E-state index contributed by atoms with van der Waals surface area (Å²) in [5, 5.41) is 19.8. The Hall–Kier alpha value is -0.540. The largest absolute Gasteiger partial charge is 0.480 e. The molecule has 0 rings (SSSR count). The third-order valence-corrected chi connectivity index (χ3v) is 2.90. The molecular weight excluding hydrogens is 315 g/mol. The zero-order chi connectivity index (χ0) is 17.8. The van der Waals surface area contributed by atoms with Gasteiger partial charge in [0.15, 0.2) is 0 Å². The predicted molar refractivity (Wildman–Crippen MR) is 82.3 cm³/mol. The normalized spacial score (nSPS) is 13.2. The van der Waals surface area contributed by atoms with Crippen LogP contribution in [0.5, 0.6) is 0 Å². The van der Waals surface area contributed by atoms with Gasteiger partial charge in [0, 0.05) is 6.61 Å². The van der Waals surface area contributed by atoms with Gasteiger partial charge in [-0.15, -0.1) is 0 Å². The monoisotopic (exact) mass is 345 g/mol. The van der Waals surface area contributed by atoms with Gasteiger partial charge in [-0.05, 0) is 19.4 Å². The molecule has 5 N–H and O–H groups in total. The minimum Gasteiger partial charge on any atom is -0.480 e. The van der Waals surface area contributed by atoms with Gasteiger partial charge >= 0.3 is 13.8 Å². The Kier molecular flexibility index (Phi) is 12.9. The second-order valence-electron chi connectivity index (χ2n) is 5.69. The number of phosphoric acid groups is 1. The molecule has 1 atom stereocenters. The van der Waals surface area contributed by atoms with Gasteiger partial charge in [-0.25, -0.2) is 4.57 Å². The molecule has 0 fully saturated rings. The summed E-state index contributed by atoms with van der Waals surface area (Å²) >= 11 is 0. The highest BCUT2D eigenvalue weighted by molar-refractivity contribution is 7.46. The van der Waals surface area contributed by atoms with Crippen LogP contribution in [-0.2, 0) is 13.9 Å². The summed E-state index contributed by atoms with van der Waals surface area (Å²) in [4.78, 5) is 27.0. The Morgan fingerprint density at radius 1 is 1.32 bits per heavy atom. The molecule has 10 heteroatoms. The van der Waals surface area contributed by atoms with E-state index in [0.717, 1.165) is 6.42 Å². The SMILES string of the molecule is CCCNC(CCO)C(=O)O.C[N+](C)(C)CCOP(=O)(O)O. The standard InChI is InChI=1S/C7H15NO3.C5H14NO4P/c1-2-4-8-6(3-5-9)7(10)11;1-6(2,3)4-5-10-11(7,8)9/h6,8-9H,2-5H2,1H3,(H,10,11);4-5H2,1-3H3,(H-,7,8,9)/p+1. The number of aliphatic hydroxyl groups is 1. The highest BCUT2D eigenvalue weighted by Gasteiger charge is 2.16. The summed E-state index contributed by atoms with van der Waals surface area (Å²) in [7, 11) is 1.50. The Balaban J connectivity index is 0. The molecule has 9 nitrogen and oxygen atoms in total. The molecule has 0 aromatic heterocycles. The summed E-state index contributed by atoms with van der Waals surface area (Å²) in [5.74, 6) is -0.896. The molecular formula is C12H30N2O7P+. The molecule has 0 radical (unpaired) electrons. The lowest BCUT2D eigenvalue weighted by Gasteiger charge is -2.23. The molecule has 0 aliphatic heterocycles. The molecule has 0 aliphatic carbocycles. The van der Waals surface area contributed by atoms with E-state index >= 15 is 0 Å². The summed E-state index contributed by atoms with van der Waals surface area (Å²) in [5.41, 5.74) is 0. The number of nitrogens with one attached hydrogen (secondary N) is 1. The Morgan fingerprint density at radius 2 is 1.86 bits per heavy atom. The number of hydrogen-bond acceptors (Lipinski definition) is 5. The topological polar surface area (TPSA) is 136 Å². The van der Waals surface area contributed by atoms with E-state index in [1.54, 1.807) is 0 Å². The number of carboxylic acid groups (broad SMARTS) is 1. The van der Waals surface area contributed by atoms with Crippen LogP contribution in [0.2, 0.25) is 0 Å². The highest BCUT2D eigenvalue weighted by Crippen LogP contribution is 2.35. The fourth-order valence-corrected chi connectivity index (χ4v) is 1.51. The molecule has 0 saturated carbocycles. The summed E-state index contributed by atoms with van der Waals surface area (Å²) < 4.78 is 15.1. The van der Waals surface area contributed by atoms with Crippen molar-refractivity contribution in [3.05, 3.63) is 0 Å². The third kappa shape index (κ3) is 19.5. The number of carboxylic acids is 1. The minimum atomic E-state index is -4.26. The lowest BCUT2D eigenvalue weighted by Crippen LogP contribution is -2.37. The van der Waals surface area contributed by atoms with Crippen LogP contribution in [0.25, 0.3) is 0 Å². The zero-order valence-corrected chi connectivity index (χ0v) is 14.6. The summed E-state index contributed by atoms with van der Waals surface area (Å²) in [6.45, 7) is 3.20. The second kappa shape index (κ2) is 12.0. The second-order valence-corrected chi connectivity index (χ2v) is 6.93. The van der Waals surface area contributed by atoms with Crippen molar-refractivity contribution in [2.75, 3.05) is 47.4 Å². The van der Waals surface area contributed by atoms with Crippen LogP contribution in [0, 0.1) is 0 Å². The number of rotatable bonds is 10. The van der Waals surface area contributed by atoms with E-state index in [1.165, 1.54) is 0 Å². The number of phosphoric ester groups is 1. The van der Waals surface area contributed by atoms with Gasteiger partial charge in [0.2, 0.25) is 0 Å². The van der Waals surface area contributed by atoms with E-state index in [-0.39, 0.29) is 19.6 Å². The van der Waals surface area contributed by atoms with E-state index in [2.05, 4.69) is 9.84 Å². The summed E-state index contributed by atoms with van der Waals surface area (Å²) in [6, 6.07) is -0.597. The van der Waals surface area contributed by atoms with Crippen molar-refractivity contribution in [3.8, 4) is 0 Å². The van der Waals surface area contributed by atoms with Crippen molar-refractivity contribution in [1.29, 1.82) is 0 Å². The average molecular weight is 345 g/mol. The maximum Gasteiger partial charge on any atom is 0.469 e. The number of nitrogens with zero attached hydrogens (tertiary/aromatic N) is 1. The first-order valence-electron chi connectivity index (χ1n) is 7.00. The van der Waals surface area contributed by atoms with Gasteiger partial charge in [-0.2, -0.15) is 0 Å². The van der Waals surface area contributed by atoms with Crippen LogP contribution < -0.4 is 5.32 Å². The van der Waals surface area contributed by atoms with E-state index in [9.17, 15) is 9.36 Å². The van der Waals surface area contributed by atoms with Gasteiger partial charge < -0.3 is 29.8 Å². The molecule has 0 aliphatic rings. The highest BCUT2D eigenvalue weighted by atomic mass is 31.2. The van der Waals surface area contributed by atoms with Crippen molar-refractivity contribution >= 4 is 13.8 Å². The smallest absolute Gasteiger partial charge is 0.469 e. The first-order valence-corrected chi connectivity index (χ1v) is 8.53. The van der Waals surface area contributed by atoms with Crippen LogP contribution in [-0.4, -0.2) is 83.9 Å². The first-order chi connectivity index (χ1) is 9.93. The fraction of sp³-hybridized carbons (Fsp3) is 0.917. The minimum absolute atomic E-state index is 0.0772. The lowest BCUT2D eigenvalue weighted by atomic mass is 10.2. The molecule has 1 unspecified atom stereocenters. The zero-order valence-electron chi connectivity index (χ0n) is 13.7. The lowest BCUT2D eigenvalue weighted by molar-refractivity contribution is -0.870. The van der Waals surface area contributed by atoms with Crippen LogP contribution >= 0.6 is 7.82 Å². The van der Waals surface area contributed by atoms with Crippen LogP contribution in [0.3, 0.4) is 0 Å². The molecule has 0 bridgehead atoms. The first kappa shape index (κ1) is 23.7. The summed E-state index contributed by atoms with van der Waals surface area (Å²) in [6.07, 6.45) is 1.17. The Morgan fingerprint density at radius 3 is 2.18 bits per heavy atom. The molecule has 134 valence electrons. The number of aliphatic carboxylic acids is 1. The van der Waals surface area contributed by atoms with Gasteiger partial charge in [0.05, 0.1) is 21.1 Å². The quantitative estimate of drug-likeness (QED) is 0.267. The van der Waals surface area contributed by atoms with Crippen LogP contribution in [0.1, 0.15) is 19.8 Å². The van der Waals surface area contributed by atoms with Gasteiger partial charge in [0.1, 0.15) is 19.2 Å². The van der Waals surface area contributed by atoms with Crippen molar-refractivity contribution in [1.82, 2.24) is 5.32 Å². The van der Waals surface area contributed by atoms with Crippen molar-refractivity contribution in [2.45, 2.75) is 25.8 Å². The molecule has 0 amide bonds. The molecule has 0 aromatic carbocycles. The number of carbonyl (C=O) groups is 1. The van der Waals surface area contributed by atoms with Crippen LogP contribution in [0.4, 0.5) is 0 Å². The number of aliphatic hydroxyl groups excluding tert-OH is 1. The predicted octanol–water partition coefficient (Wildman–Crippen LogP) is -0.376. The van der Waals surface area contributed by atoms with Gasteiger partial charge in [-0.1, -0.05) is 6.92 Å². The van der Waals surface area contributed by atoms with E-state index in [0.29, 0.717) is 17.6 Å². The Labute approximate surface area is 131 Å². The maximum atomic E-state index is 10.4. The van der Waals surface area contributed by atoms with Gasteiger partial charge in [0.25, 0.3) is 0 Å². The van der Waals surface area contributed by atoms with E-state index < -0.39 is 19.8 Å². The fourth-order valence-electron chi connectivity index (χ4n) is 1.19. The number of quaternary nitrogens is 1. The molecule has 0 aromatic rings. The molecule has 0 saturated heterocycles. The van der Waals surface area contributed by atoms with E-state index in [4.69, 9.17) is 20.0 Å². The molecule has 0 heterocycles. The van der Waals surface area contributed by atoms with Crippen LogP contribution in [0.15, 0.2) is 0 Å². The van der Waals surface area contributed by atoms with E-state index in [1.807, 2.05) is 28.1 Å². The van der Waals surface area contributed by atoms with Crippen molar-refractivity contribution in [2.24, 2.45) is 0 Å². The molecule has 0 spiro atoms. The Bertz CT molecular complexity index is 341. The number of hydrogen-bond donors (Lipinski definition) is 5. The van der Waals surface area contributed by atoms with Gasteiger partial charge in [-0.3, -0.25) is 9.32 Å².